The average Bonchev–Trinajstić information content (AvgIpc) is 2.94. The summed E-state index contributed by atoms with van der Waals surface area (Å²) >= 11 is 0. The number of hydrogen-bond acceptors (Lipinski definition) is 7. The number of aliphatic hydroxyl groups excluding tert-OH is 2. The number of pyridine rings is 1. The van der Waals surface area contributed by atoms with Crippen molar-refractivity contribution in [3.05, 3.63) is 33.2 Å². The maximum absolute atomic E-state index is 14.5. The van der Waals surface area contributed by atoms with Crippen molar-refractivity contribution < 1.29 is 42.8 Å². The zero-order chi connectivity index (χ0) is 23.9. The second-order valence-corrected chi connectivity index (χ2v) is 10.6. The standard InChI is InChI=1S/C19H30F2NO8P/c1-6-18(4,30-31(27,28)19(5,26)7-2)8-10-13(23)14(24)15(29-10)11-12(20)9(3)17(25)22-16(11)21/h10,13-15,23-24,26H,6-8H2,1-5H3,(H,22,25)(H,27,28)/t10-,13?,14+,15+,18?,19?/m1/s1. The average molecular weight is 469 g/mol. The minimum absolute atomic E-state index is 0.0615. The molecular weight excluding hydrogens is 439 g/mol. The third-order valence-electron chi connectivity index (χ3n) is 6.02. The summed E-state index contributed by atoms with van der Waals surface area (Å²) in [5, 5.41) is 29.0. The quantitative estimate of drug-likeness (QED) is 0.287. The molecule has 1 aliphatic rings. The summed E-state index contributed by atoms with van der Waals surface area (Å²) in [7, 11) is -4.53. The van der Waals surface area contributed by atoms with Crippen molar-refractivity contribution in [2.45, 2.75) is 89.2 Å². The number of hydrogen-bond donors (Lipinski definition) is 5. The van der Waals surface area contributed by atoms with Crippen molar-refractivity contribution in [2.75, 3.05) is 0 Å². The lowest BCUT2D eigenvalue weighted by atomic mass is 9.92. The molecule has 31 heavy (non-hydrogen) atoms. The maximum Gasteiger partial charge on any atom is 0.359 e. The van der Waals surface area contributed by atoms with Gasteiger partial charge in [0, 0.05) is 6.42 Å². The molecule has 1 aromatic heterocycles. The first-order valence-corrected chi connectivity index (χ1v) is 11.5. The van der Waals surface area contributed by atoms with Crippen LogP contribution in [0.4, 0.5) is 8.78 Å². The van der Waals surface area contributed by atoms with Crippen LogP contribution in [0.3, 0.4) is 0 Å². The number of H-pyrrole nitrogens is 1. The highest BCUT2D eigenvalue weighted by Gasteiger charge is 2.51. The first-order valence-electron chi connectivity index (χ1n) is 9.96. The molecule has 0 bridgehead atoms. The van der Waals surface area contributed by atoms with E-state index in [-0.39, 0.29) is 19.3 Å². The zero-order valence-electron chi connectivity index (χ0n) is 18.1. The van der Waals surface area contributed by atoms with Crippen molar-refractivity contribution in [3.8, 4) is 0 Å². The molecule has 0 radical (unpaired) electrons. The van der Waals surface area contributed by atoms with Gasteiger partial charge in [-0.3, -0.25) is 14.3 Å². The number of aromatic amines is 1. The third kappa shape index (κ3) is 4.93. The fraction of sp³-hybridized carbons (Fsp3) is 0.737. The van der Waals surface area contributed by atoms with Gasteiger partial charge in [0.1, 0.15) is 24.1 Å². The lowest BCUT2D eigenvalue weighted by Crippen LogP contribution is -2.40. The van der Waals surface area contributed by atoms with Crippen molar-refractivity contribution in [3.63, 3.8) is 0 Å². The molecule has 0 aromatic carbocycles. The van der Waals surface area contributed by atoms with E-state index >= 15 is 0 Å². The number of nitrogens with one attached hydrogen (secondary N) is 1. The monoisotopic (exact) mass is 469 g/mol. The van der Waals surface area contributed by atoms with E-state index in [1.54, 1.807) is 6.92 Å². The summed E-state index contributed by atoms with van der Waals surface area (Å²) in [6.45, 7) is 6.90. The van der Waals surface area contributed by atoms with Gasteiger partial charge in [0.2, 0.25) is 5.95 Å². The molecule has 0 amide bonds. The first kappa shape index (κ1) is 26.1. The van der Waals surface area contributed by atoms with Crippen LogP contribution in [0.15, 0.2) is 4.79 Å². The van der Waals surface area contributed by atoms with Crippen molar-refractivity contribution in [2.24, 2.45) is 0 Å². The Labute approximate surface area is 178 Å². The van der Waals surface area contributed by atoms with Gasteiger partial charge in [-0.05, 0) is 33.6 Å². The van der Waals surface area contributed by atoms with Crippen LogP contribution in [0.5, 0.6) is 0 Å². The van der Waals surface area contributed by atoms with E-state index in [2.05, 4.69) is 0 Å². The SMILES string of the molecule is CCC(C)(C[C@H]1O[C@@H](c2c(F)[nH]c(=O)c(C)c2F)[C@@H](O)C1O)OP(=O)(O)C(C)(O)CC. The highest BCUT2D eigenvalue weighted by molar-refractivity contribution is 7.54. The third-order valence-corrected chi connectivity index (χ3v) is 8.24. The molecule has 9 nitrogen and oxygen atoms in total. The molecule has 7 atom stereocenters. The lowest BCUT2D eigenvalue weighted by Gasteiger charge is -2.37. The molecular formula is C19H30F2NO8P. The van der Waals surface area contributed by atoms with Crippen molar-refractivity contribution in [1.29, 1.82) is 0 Å². The van der Waals surface area contributed by atoms with Crippen LogP contribution >= 0.6 is 7.60 Å². The summed E-state index contributed by atoms with van der Waals surface area (Å²) in [5.74, 6) is -2.54. The van der Waals surface area contributed by atoms with Gasteiger partial charge < -0.3 is 29.5 Å². The molecule has 2 rings (SSSR count). The van der Waals surface area contributed by atoms with E-state index in [9.17, 15) is 38.4 Å². The van der Waals surface area contributed by atoms with Gasteiger partial charge in [-0.15, -0.1) is 0 Å². The van der Waals surface area contributed by atoms with E-state index in [1.165, 1.54) is 13.8 Å². The van der Waals surface area contributed by atoms with Crippen LogP contribution < -0.4 is 5.56 Å². The first-order chi connectivity index (χ1) is 14.1. The molecule has 5 N–H and O–H groups in total. The van der Waals surface area contributed by atoms with E-state index in [4.69, 9.17) is 9.26 Å². The normalized spacial score (nSPS) is 29.9. The number of rotatable bonds is 8. The molecule has 0 spiro atoms. The summed E-state index contributed by atoms with van der Waals surface area (Å²) in [4.78, 5) is 23.6. The molecule has 0 aliphatic carbocycles. The lowest BCUT2D eigenvalue weighted by molar-refractivity contribution is -0.0541. The van der Waals surface area contributed by atoms with Gasteiger partial charge in [-0.1, -0.05) is 13.8 Å². The van der Waals surface area contributed by atoms with E-state index in [0.29, 0.717) is 0 Å². The van der Waals surface area contributed by atoms with Crippen LogP contribution in [0.1, 0.15) is 64.2 Å². The molecule has 178 valence electrons. The van der Waals surface area contributed by atoms with Gasteiger partial charge in [0.05, 0.1) is 22.8 Å². The smallest absolute Gasteiger partial charge is 0.359 e. The van der Waals surface area contributed by atoms with Crippen molar-refractivity contribution >= 4 is 7.60 Å². The van der Waals surface area contributed by atoms with Crippen LogP contribution in [0.25, 0.3) is 0 Å². The number of ether oxygens (including phenoxy) is 1. The fourth-order valence-corrected chi connectivity index (χ4v) is 4.73. The summed E-state index contributed by atoms with van der Waals surface area (Å²) in [6, 6.07) is 0. The van der Waals surface area contributed by atoms with Crippen LogP contribution in [-0.2, 0) is 13.8 Å². The van der Waals surface area contributed by atoms with Gasteiger partial charge in [-0.2, -0.15) is 4.39 Å². The van der Waals surface area contributed by atoms with Gasteiger partial charge in [0.15, 0.2) is 5.34 Å². The molecule has 2 heterocycles. The Balaban J connectivity index is 2.32. The molecule has 1 fully saturated rings. The predicted molar refractivity (Wildman–Crippen MR) is 106 cm³/mol. The fourth-order valence-electron chi connectivity index (χ4n) is 3.33. The van der Waals surface area contributed by atoms with Crippen LogP contribution in [-0.4, -0.2) is 54.5 Å². The van der Waals surface area contributed by atoms with Gasteiger partial charge >= 0.3 is 7.60 Å². The topological polar surface area (TPSA) is 149 Å². The Kier molecular flexibility index (Phi) is 7.54. The van der Waals surface area contributed by atoms with E-state index in [1.807, 2.05) is 4.98 Å². The molecule has 1 aliphatic heterocycles. The summed E-state index contributed by atoms with van der Waals surface area (Å²) in [6.07, 6.45) is -6.32. The largest absolute Gasteiger partial charge is 0.388 e. The number of aliphatic hydroxyl groups is 3. The minimum atomic E-state index is -4.53. The van der Waals surface area contributed by atoms with Gasteiger partial charge in [-0.25, -0.2) is 4.39 Å². The predicted octanol–water partition coefficient (Wildman–Crippen LogP) is 2.00. The summed E-state index contributed by atoms with van der Waals surface area (Å²) < 4.78 is 52.4. The van der Waals surface area contributed by atoms with Gasteiger partial charge in [0.25, 0.3) is 5.56 Å². The summed E-state index contributed by atoms with van der Waals surface area (Å²) in [5.41, 5.74) is -3.50. The number of halogens is 2. The van der Waals surface area contributed by atoms with E-state index in [0.717, 1.165) is 13.8 Å². The zero-order valence-corrected chi connectivity index (χ0v) is 19.0. The Hall–Kier alpha value is -1.20. The Morgan fingerprint density at radius 2 is 1.77 bits per heavy atom. The molecule has 0 saturated carbocycles. The van der Waals surface area contributed by atoms with Crippen LogP contribution in [0, 0.1) is 18.7 Å². The highest BCUT2D eigenvalue weighted by Crippen LogP contribution is 2.59. The second kappa shape index (κ2) is 8.97. The van der Waals surface area contributed by atoms with Crippen molar-refractivity contribution in [1.82, 2.24) is 4.98 Å². The Bertz CT molecular complexity index is 923. The Morgan fingerprint density at radius 1 is 1.19 bits per heavy atom. The molecule has 4 unspecified atom stereocenters. The molecule has 12 heteroatoms. The second-order valence-electron chi connectivity index (χ2n) is 8.39. The van der Waals surface area contributed by atoms with Crippen LogP contribution in [0.2, 0.25) is 0 Å². The Morgan fingerprint density at radius 3 is 2.29 bits per heavy atom. The van der Waals surface area contributed by atoms with E-state index < -0.39 is 71.4 Å². The number of aromatic nitrogens is 1. The minimum Gasteiger partial charge on any atom is -0.388 e. The highest BCUT2D eigenvalue weighted by atomic mass is 31.2. The molecule has 1 aromatic rings. The molecule has 1 saturated heterocycles. The maximum atomic E-state index is 14.5.